The number of hydrogen-bond donors (Lipinski definition) is 0. The van der Waals surface area contributed by atoms with Crippen molar-refractivity contribution in [1.29, 1.82) is 0 Å². The smallest absolute Gasteiger partial charge is 0.246 e. The van der Waals surface area contributed by atoms with Crippen LogP contribution in [-0.4, -0.2) is 28.4 Å². The van der Waals surface area contributed by atoms with E-state index in [4.69, 9.17) is 0 Å². The molecule has 0 radical (unpaired) electrons. The highest BCUT2D eigenvalue weighted by Gasteiger charge is 2.26. The maximum atomic E-state index is 11.7. The molecule has 2 heterocycles. The van der Waals surface area contributed by atoms with E-state index in [0.29, 0.717) is 6.04 Å². The van der Waals surface area contributed by atoms with E-state index in [1.807, 2.05) is 18.0 Å². The number of likely N-dealkylation sites (tertiary alicyclic amines) is 1. The zero-order valence-electron chi connectivity index (χ0n) is 10.9. The van der Waals surface area contributed by atoms with Crippen molar-refractivity contribution in [3.05, 3.63) is 42.2 Å². The lowest BCUT2D eigenvalue weighted by Gasteiger charge is -2.23. The molecule has 1 aliphatic heterocycles. The topological polar surface area (TPSA) is 33.2 Å². The lowest BCUT2D eigenvalue weighted by Crippen LogP contribution is -2.34. The Hall–Kier alpha value is -1.64. The van der Waals surface area contributed by atoms with Crippen molar-refractivity contribution in [2.75, 3.05) is 6.54 Å². The van der Waals surface area contributed by atoms with Gasteiger partial charge < -0.3 is 4.90 Å². The van der Waals surface area contributed by atoms with E-state index >= 15 is 0 Å². The number of pyridine rings is 1. The molecule has 3 nitrogen and oxygen atoms in total. The molecular formula is C15H20N2O. The van der Waals surface area contributed by atoms with Crippen LogP contribution in [-0.2, 0) is 11.2 Å². The standard InChI is InChI=1S/C15H20N2O/c1-3-15(18)17-10-4-5-14(17)7-6-13-8-9-16-12(2)11-13/h3,8-9,11,14H,1,4-7,10H2,2H3. The maximum absolute atomic E-state index is 11.7. The Balaban J connectivity index is 1.93. The van der Waals surface area contributed by atoms with Crippen molar-refractivity contribution in [2.24, 2.45) is 0 Å². The van der Waals surface area contributed by atoms with Crippen LogP contribution in [0.4, 0.5) is 0 Å². The van der Waals surface area contributed by atoms with Crippen LogP contribution in [0.1, 0.15) is 30.5 Å². The lowest BCUT2D eigenvalue weighted by molar-refractivity contribution is -0.126. The van der Waals surface area contributed by atoms with Crippen LogP contribution in [0.25, 0.3) is 0 Å². The van der Waals surface area contributed by atoms with E-state index in [9.17, 15) is 4.79 Å². The normalized spacial score (nSPS) is 18.9. The third kappa shape index (κ3) is 2.97. The SMILES string of the molecule is C=CC(=O)N1CCCC1CCc1ccnc(C)c1. The highest BCUT2D eigenvalue weighted by Crippen LogP contribution is 2.22. The molecule has 1 amide bonds. The zero-order chi connectivity index (χ0) is 13.0. The van der Waals surface area contributed by atoms with Gasteiger partial charge in [-0.25, -0.2) is 0 Å². The molecule has 1 aromatic heterocycles. The van der Waals surface area contributed by atoms with Crippen molar-refractivity contribution in [1.82, 2.24) is 9.88 Å². The summed E-state index contributed by atoms with van der Waals surface area (Å²) in [6.07, 6.45) is 7.54. The van der Waals surface area contributed by atoms with Crippen molar-refractivity contribution >= 4 is 5.91 Å². The fraction of sp³-hybridized carbons (Fsp3) is 0.467. The molecule has 1 aliphatic rings. The van der Waals surface area contributed by atoms with Crippen molar-refractivity contribution in [2.45, 2.75) is 38.6 Å². The molecule has 1 unspecified atom stereocenters. The first-order valence-electron chi connectivity index (χ1n) is 6.55. The van der Waals surface area contributed by atoms with Gasteiger partial charge in [0.25, 0.3) is 0 Å². The van der Waals surface area contributed by atoms with Crippen LogP contribution < -0.4 is 0 Å². The minimum atomic E-state index is 0.0726. The number of carbonyl (C=O) groups excluding carboxylic acids is 1. The Morgan fingerprint density at radius 1 is 1.67 bits per heavy atom. The summed E-state index contributed by atoms with van der Waals surface area (Å²) in [7, 11) is 0. The molecule has 1 atom stereocenters. The van der Waals surface area contributed by atoms with Gasteiger partial charge in [0, 0.05) is 24.5 Å². The summed E-state index contributed by atoms with van der Waals surface area (Å²) >= 11 is 0. The van der Waals surface area contributed by atoms with Gasteiger partial charge in [-0.15, -0.1) is 0 Å². The lowest BCUT2D eigenvalue weighted by atomic mass is 10.0. The van der Waals surface area contributed by atoms with Gasteiger partial charge >= 0.3 is 0 Å². The van der Waals surface area contributed by atoms with Crippen molar-refractivity contribution < 1.29 is 4.79 Å². The number of aromatic nitrogens is 1. The molecule has 2 rings (SSSR count). The summed E-state index contributed by atoms with van der Waals surface area (Å²) in [6.45, 7) is 6.46. The molecule has 0 N–H and O–H groups in total. The van der Waals surface area contributed by atoms with Crippen molar-refractivity contribution in [3.8, 4) is 0 Å². The van der Waals surface area contributed by atoms with Crippen LogP contribution in [0.15, 0.2) is 31.0 Å². The first-order valence-corrected chi connectivity index (χ1v) is 6.55. The first kappa shape index (κ1) is 12.8. The van der Waals surface area contributed by atoms with Crippen LogP contribution in [0.2, 0.25) is 0 Å². The second kappa shape index (κ2) is 5.80. The number of carbonyl (C=O) groups is 1. The Kier molecular flexibility index (Phi) is 4.13. The second-order valence-corrected chi connectivity index (χ2v) is 4.88. The average molecular weight is 244 g/mol. The third-order valence-corrected chi connectivity index (χ3v) is 3.56. The van der Waals surface area contributed by atoms with E-state index in [2.05, 4.69) is 23.7 Å². The summed E-state index contributed by atoms with van der Waals surface area (Å²) in [5, 5.41) is 0. The van der Waals surface area contributed by atoms with Gasteiger partial charge in [-0.2, -0.15) is 0 Å². The fourth-order valence-corrected chi connectivity index (χ4v) is 2.64. The van der Waals surface area contributed by atoms with Crippen molar-refractivity contribution in [3.63, 3.8) is 0 Å². The molecule has 0 saturated carbocycles. The fourth-order valence-electron chi connectivity index (χ4n) is 2.64. The van der Waals surface area contributed by atoms with Crippen LogP contribution in [0.3, 0.4) is 0 Å². The summed E-state index contributed by atoms with van der Waals surface area (Å²) in [5.41, 5.74) is 2.36. The molecule has 96 valence electrons. The Bertz CT molecular complexity index is 442. The molecule has 0 aromatic carbocycles. The summed E-state index contributed by atoms with van der Waals surface area (Å²) in [5.74, 6) is 0.0726. The molecule has 18 heavy (non-hydrogen) atoms. The molecule has 1 aromatic rings. The molecule has 3 heteroatoms. The van der Waals surface area contributed by atoms with E-state index in [1.54, 1.807) is 0 Å². The molecular weight excluding hydrogens is 224 g/mol. The molecule has 0 bridgehead atoms. The Morgan fingerprint density at radius 3 is 3.22 bits per heavy atom. The maximum Gasteiger partial charge on any atom is 0.246 e. The highest BCUT2D eigenvalue weighted by molar-refractivity contribution is 5.87. The Morgan fingerprint density at radius 2 is 2.50 bits per heavy atom. The molecule has 1 fully saturated rings. The van der Waals surface area contributed by atoms with E-state index in [1.165, 1.54) is 11.6 Å². The van der Waals surface area contributed by atoms with Gasteiger partial charge in [0.05, 0.1) is 0 Å². The van der Waals surface area contributed by atoms with Gasteiger partial charge in [-0.05, 0) is 56.4 Å². The largest absolute Gasteiger partial charge is 0.336 e. The number of rotatable bonds is 4. The number of amides is 1. The van der Waals surface area contributed by atoms with Crippen LogP contribution in [0.5, 0.6) is 0 Å². The number of hydrogen-bond acceptors (Lipinski definition) is 2. The molecule has 0 spiro atoms. The van der Waals surface area contributed by atoms with E-state index in [0.717, 1.165) is 37.9 Å². The predicted octanol–water partition coefficient (Wildman–Crippen LogP) is 2.50. The third-order valence-electron chi connectivity index (χ3n) is 3.56. The van der Waals surface area contributed by atoms with E-state index < -0.39 is 0 Å². The quantitative estimate of drug-likeness (QED) is 0.762. The minimum absolute atomic E-state index is 0.0726. The average Bonchev–Trinajstić information content (AvgIpc) is 2.84. The van der Waals surface area contributed by atoms with Crippen LogP contribution in [0, 0.1) is 6.92 Å². The summed E-state index contributed by atoms with van der Waals surface area (Å²) in [6, 6.07) is 4.56. The first-order chi connectivity index (χ1) is 8.70. The van der Waals surface area contributed by atoms with Gasteiger partial charge in [0.15, 0.2) is 0 Å². The summed E-state index contributed by atoms with van der Waals surface area (Å²) < 4.78 is 0. The minimum Gasteiger partial charge on any atom is -0.336 e. The van der Waals surface area contributed by atoms with Crippen LogP contribution >= 0.6 is 0 Å². The number of nitrogens with zero attached hydrogens (tertiary/aromatic N) is 2. The highest BCUT2D eigenvalue weighted by atomic mass is 16.2. The second-order valence-electron chi connectivity index (χ2n) is 4.88. The molecule has 0 aliphatic carbocycles. The van der Waals surface area contributed by atoms with Gasteiger partial charge in [-0.3, -0.25) is 9.78 Å². The van der Waals surface area contributed by atoms with Gasteiger partial charge in [-0.1, -0.05) is 6.58 Å². The molecule has 1 saturated heterocycles. The van der Waals surface area contributed by atoms with Gasteiger partial charge in [0.1, 0.15) is 0 Å². The summed E-state index contributed by atoms with van der Waals surface area (Å²) in [4.78, 5) is 17.8. The Labute approximate surface area is 109 Å². The number of aryl methyl sites for hydroxylation is 2. The predicted molar refractivity (Wildman–Crippen MR) is 72.2 cm³/mol. The monoisotopic (exact) mass is 244 g/mol. The van der Waals surface area contributed by atoms with Gasteiger partial charge in [0.2, 0.25) is 5.91 Å². The van der Waals surface area contributed by atoms with E-state index in [-0.39, 0.29) is 5.91 Å². The zero-order valence-corrected chi connectivity index (χ0v) is 10.9.